The standard InChI is InChI=1S/C29H21F3N2O2S/c30-29(31,32)22-13-10-20(11-14-22)18-34-24-16-21(27(35)33-17-19-6-2-1-3-7-19)12-15-26(24)37-25-9-5-4-8-23(25)28(34)36/h1-16H,17-18H2,(H,33,35). The fourth-order valence-corrected chi connectivity index (χ4v) is 5.14. The third kappa shape index (κ3) is 5.39. The lowest BCUT2D eigenvalue weighted by Gasteiger charge is -2.24. The van der Waals surface area contributed by atoms with E-state index in [2.05, 4.69) is 5.32 Å². The summed E-state index contributed by atoms with van der Waals surface area (Å²) < 4.78 is 39.1. The highest BCUT2D eigenvalue weighted by molar-refractivity contribution is 7.99. The lowest BCUT2D eigenvalue weighted by Crippen LogP contribution is -2.31. The van der Waals surface area contributed by atoms with Crippen LogP contribution in [0.4, 0.5) is 18.9 Å². The Morgan fingerprint density at radius 3 is 2.24 bits per heavy atom. The number of benzene rings is 4. The van der Waals surface area contributed by atoms with Gasteiger partial charge in [-0.25, -0.2) is 0 Å². The molecule has 1 heterocycles. The van der Waals surface area contributed by atoms with E-state index in [4.69, 9.17) is 0 Å². The molecule has 4 nitrogen and oxygen atoms in total. The Morgan fingerprint density at radius 1 is 0.811 bits per heavy atom. The van der Waals surface area contributed by atoms with E-state index < -0.39 is 11.7 Å². The molecule has 2 amide bonds. The summed E-state index contributed by atoms with van der Waals surface area (Å²) >= 11 is 1.41. The zero-order valence-corrected chi connectivity index (χ0v) is 20.3. The van der Waals surface area contributed by atoms with Gasteiger partial charge in [-0.3, -0.25) is 9.59 Å². The molecule has 4 aromatic rings. The summed E-state index contributed by atoms with van der Waals surface area (Å²) in [7, 11) is 0. The molecular weight excluding hydrogens is 497 g/mol. The maximum atomic E-state index is 13.7. The molecule has 0 bridgehead atoms. The van der Waals surface area contributed by atoms with Crippen LogP contribution < -0.4 is 10.2 Å². The maximum absolute atomic E-state index is 13.7. The van der Waals surface area contributed by atoms with E-state index in [0.29, 0.717) is 28.9 Å². The number of rotatable bonds is 5. The second-order valence-corrected chi connectivity index (χ2v) is 9.62. The molecule has 1 N–H and O–H groups in total. The minimum Gasteiger partial charge on any atom is -0.348 e. The molecule has 1 aliphatic heterocycles. The molecule has 0 radical (unpaired) electrons. The molecule has 186 valence electrons. The Labute approximate surface area is 216 Å². The monoisotopic (exact) mass is 518 g/mol. The first-order chi connectivity index (χ1) is 17.8. The van der Waals surface area contributed by atoms with Crippen LogP contribution in [-0.2, 0) is 19.3 Å². The highest BCUT2D eigenvalue weighted by atomic mass is 32.2. The second-order valence-electron chi connectivity index (χ2n) is 8.53. The zero-order chi connectivity index (χ0) is 26.0. The van der Waals surface area contributed by atoms with Crippen molar-refractivity contribution in [3.63, 3.8) is 0 Å². The van der Waals surface area contributed by atoms with Crippen molar-refractivity contribution in [1.29, 1.82) is 0 Å². The van der Waals surface area contributed by atoms with Crippen molar-refractivity contribution in [1.82, 2.24) is 5.32 Å². The van der Waals surface area contributed by atoms with Gasteiger partial charge in [0.25, 0.3) is 11.8 Å². The van der Waals surface area contributed by atoms with E-state index in [1.807, 2.05) is 42.5 Å². The van der Waals surface area contributed by atoms with Crippen LogP contribution >= 0.6 is 11.8 Å². The molecule has 0 aromatic heterocycles. The van der Waals surface area contributed by atoms with E-state index in [9.17, 15) is 22.8 Å². The number of hydrogen-bond donors (Lipinski definition) is 1. The molecule has 0 unspecified atom stereocenters. The Hall–Kier alpha value is -4.04. The third-order valence-electron chi connectivity index (χ3n) is 6.01. The number of anilines is 1. The summed E-state index contributed by atoms with van der Waals surface area (Å²) in [6, 6.07) is 26.6. The van der Waals surface area contributed by atoms with E-state index in [0.717, 1.165) is 27.5 Å². The second kappa shape index (κ2) is 10.1. The summed E-state index contributed by atoms with van der Waals surface area (Å²) in [6.07, 6.45) is -4.44. The molecule has 1 aliphatic rings. The Balaban J connectivity index is 1.48. The first kappa shape index (κ1) is 24.6. The molecule has 37 heavy (non-hydrogen) atoms. The topological polar surface area (TPSA) is 49.4 Å². The van der Waals surface area contributed by atoms with Gasteiger partial charge in [0, 0.05) is 21.9 Å². The SMILES string of the molecule is O=C(NCc1ccccc1)c1ccc2c(c1)N(Cc1ccc(C(F)(F)F)cc1)C(=O)c1ccccc1S2. The predicted octanol–water partition coefficient (Wildman–Crippen LogP) is 6.95. The zero-order valence-electron chi connectivity index (χ0n) is 19.5. The summed E-state index contributed by atoms with van der Waals surface area (Å²) in [6.45, 7) is 0.402. The van der Waals surface area contributed by atoms with Gasteiger partial charge in [0.05, 0.1) is 23.4 Å². The Bertz CT molecular complexity index is 1450. The summed E-state index contributed by atoms with van der Waals surface area (Å²) in [5.41, 5.74) is 2.14. The number of halogens is 3. The summed E-state index contributed by atoms with van der Waals surface area (Å²) in [4.78, 5) is 29.7. The van der Waals surface area contributed by atoms with Gasteiger partial charge < -0.3 is 10.2 Å². The minimum absolute atomic E-state index is 0.0496. The van der Waals surface area contributed by atoms with E-state index in [1.165, 1.54) is 28.8 Å². The van der Waals surface area contributed by atoms with Gasteiger partial charge in [-0.2, -0.15) is 13.2 Å². The van der Waals surface area contributed by atoms with Crippen molar-refractivity contribution in [2.75, 3.05) is 4.90 Å². The van der Waals surface area contributed by atoms with Crippen molar-refractivity contribution in [2.45, 2.75) is 29.1 Å². The fourth-order valence-electron chi connectivity index (χ4n) is 4.08. The average Bonchev–Trinajstić information content (AvgIpc) is 3.02. The maximum Gasteiger partial charge on any atom is 0.416 e. The highest BCUT2D eigenvalue weighted by Gasteiger charge is 2.31. The van der Waals surface area contributed by atoms with Gasteiger partial charge in [-0.05, 0) is 53.6 Å². The van der Waals surface area contributed by atoms with Gasteiger partial charge >= 0.3 is 6.18 Å². The molecule has 0 spiro atoms. The van der Waals surface area contributed by atoms with Crippen LogP contribution in [0.25, 0.3) is 0 Å². The van der Waals surface area contributed by atoms with Gasteiger partial charge in [-0.15, -0.1) is 0 Å². The first-order valence-corrected chi connectivity index (χ1v) is 12.3. The van der Waals surface area contributed by atoms with Gasteiger partial charge in [-0.1, -0.05) is 66.4 Å². The van der Waals surface area contributed by atoms with Crippen LogP contribution in [0.15, 0.2) is 107 Å². The van der Waals surface area contributed by atoms with Gasteiger partial charge in [0.1, 0.15) is 0 Å². The van der Waals surface area contributed by atoms with Crippen molar-refractivity contribution in [3.8, 4) is 0 Å². The van der Waals surface area contributed by atoms with Crippen LogP contribution in [0.1, 0.15) is 37.4 Å². The van der Waals surface area contributed by atoms with Gasteiger partial charge in [0.2, 0.25) is 0 Å². The number of nitrogens with one attached hydrogen (secondary N) is 1. The van der Waals surface area contributed by atoms with E-state index in [1.54, 1.807) is 30.3 Å². The lowest BCUT2D eigenvalue weighted by atomic mass is 10.1. The number of carbonyl (C=O) groups excluding carboxylic acids is 2. The minimum atomic E-state index is -4.44. The highest BCUT2D eigenvalue weighted by Crippen LogP contribution is 2.42. The molecule has 8 heteroatoms. The molecule has 0 atom stereocenters. The number of carbonyl (C=O) groups is 2. The normalized spacial score (nSPS) is 12.9. The van der Waals surface area contributed by atoms with Crippen molar-refractivity contribution in [2.24, 2.45) is 0 Å². The third-order valence-corrected chi connectivity index (χ3v) is 7.15. The van der Waals surface area contributed by atoms with E-state index in [-0.39, 0.29) is 18.4 Å². The fraction of sp³-hybridized carbons (Fsp3) is 0.103. The molecule has 5 rings (SSSR count). The molecular formula is C29H21F3N2O2S. The smallest absolute Gasteiger partial charge is 0.348 e. The Morgan fingerprint density at radius 2 is 1.51 bits per heavy atom. The number of amides is 2. The van der Waals surface area contributed by atoms with Crippen LogP contribution in [0, 0.1) is 0 Å². The number of hydrogen-bond acceptors (Lipinski definition) is 3. The van der Waals surface area contributed by atoms with E-state index >= 15 is 0 Å². The van der Waals surface area contributed by atoms with Crippen molar-refractivity contribution in [3.05, 3.63) is 125 Å². The van der Waals surface area contributed by atoms with Crippen molar-refractivity contribution >= 4 is 29.3 Å². The van der Waals surface area contributed by atoms with Crippen molar-refractivity contribution < 1.29 is 22.8 Å². The number of alkyl halides is 3. The summed E-state index contributed by atoms with van der Waals surface area (Å²) in [5, 5.41) is 2.90. The molecule has 4 aromatic carbocycles. The average molecular weight is 519 g/mol. The van der Waals surface area contributed by atoms with Crippen LogP contribution in [0.2, 0.25) is 0 Å². The summed E-state index contributed by atoms with van der Waals surface area (Å²) in [5.74, 6) is -0.580. The largest absolute Gasteiger partial charge is 0.416 e. The van der Waals surface area contributed by atoms with Crippen LogP contribution in [0.5, 0.6) is 0 Å². The number of fused-ring (bicyclic) bond motifs is 2. The number of nitrogens with zero attached hydrogens (tertiary/aromatic N) is 1. The lowest BCUT2D eigenvalue weighted by molar-refractivity contribution is -0.137. The Kier molecular flexibility index (Phi) is 6.76. The quantitative estimate of drug-likeness (QED) is 0.311. The van der Waals surface area contributed by atoms with Crippen LogP contribution in [-0.4, -0.2) is 11.8 Å². The predicted molar refractivity (Wildman–Crippen MR) is 137 cm³/mol. The molecule has 0 aliphatic carbocycles. The molecule has 0 saturated carbocycles. The van der Waals surface area contributed by atoms with Gasteiger partial charge in [0.15, 0.2) is 0 Å². The molecule has 0 saturated heterocycles. The van der Waals surface area contributed by atoms with Crippen LogP contribution in [0.3, 0.4) is 0 Å². The molecule has 0 fully saturated rings. The first-order valence-electron chi connectivity index (χ1n) is 11.5.